The number of morpholine rings is 1. The van der Waals surface area contributed by atoms with Gasteiger partial charge in [0.15, 0.2) is 22.6 Å². The Bertz CT molecular complexity index is 1480. The SMILES string of the molecule is CCc1nc2ccccc2n1-c1nc(N2CCOCC2)c2nc(C3(OC)CN(C(=O)CO)C3)n(C)c2n1. The van der Waals surface area contributed by atoms with Crippen LogP contribution in [0.2, 0.25) is 0 Å². The molecule has 3 aromatic heterocycles. The molecule has 5 heterocycles. The fraction of sp³-hybridized carbons (Fsp3) is 0.480. The number of ether oxygens (including phenoxy) is 2. The number of benzene rings is 1. The number of imidazole rings is 2. The molecule has 0 bridgehead atoms. The van der Waals surface area contributed by atoms with E-state index in [2.05, 4.69) is 11.8 Å². The average Bonchev–Trinajstić information content (AvgIpc) is 3.46. The van der Waals surface area contributed by atoms with Crippen LogP contribution in [0.15, 0.2) is 24.3 Å². The van der Waals surface area contributed by atoms with Crippen LogP contribution in [0.4, 0.5) is 5.82 Å². The summed E-state index contributed by atoms with van der Waals surface area (Å²) in [6.07, 6.45) is 0.723. The van der Waals surface area contributed by atoms with Gasteiger partial charge in [-0.3, -0.25) is 9.36 Å². The fourth-order valence-electron chi connectivity index (χ4n) is 5.28. The second-order valence-electron chi connectivity index (χ2n) is 9.43. The summed E-state index contributed by atoms with van der Waals surface area (Å²) < 4.78 is 15.5. The maximum absolute atomic E-state index is 12.0. The van der Waals surface area contributed by atoms with E-state index in [1.54, 1.807) is 12.0 Å². The smallest absolute Gasteiger partial charge is 0.248 e. The van der Waals surface area contributed by atoms with Crippen LogP contribution in [-0.4, -0.2) is 98.1 Å². The van der Waals surface area contributed by atoms with E-state index in [1.807, 2.05) is 40.4 Å². The Hall–Kier alpha value is -3.61. The first-order valence-electron chi connectivity index (χ1n) is 12.5. The molecule has 6 rings (SSSR count). The van der Waals surface area contributed by atoms with Crippen LogP contribution in [0.25, 0.3) is 28.1 Å². The van der Waals surface area contributed by atoms with Gasteiger partial charge in [-0.25, -0.2) is 9.97 Å². The van der Waals surface area contributed by atoms with E-state index in [0.717, 1.165) is 29.1 Å². The van der Waals surface area contributed by atoms with Gasteiger partial charge >= 0.3 is 0 Å². The second kappa shape index (κ2) is 9.05. The second-order valence-corrected chi connectivity index (χ2v) is 9.43. The Morgan fingerprint density at radius 1 is 1.14 bits per heavy atom. The minimum atomic E-state index is -0.793. The van der Waals surface area contributed by atoms with Gasteiger partial charge in [0.2, 0.25) is 11.9 Å². The van der Waals surface area contributed by atoms with Crippen LogP contribution in [-0.2, 0) is 33.3 Å². The van der Waals surface area contributed by atoms with E-state index in [0.29, 0.717) is 62.3 Å². The number of methoxy groups -OCH3 is 1. The van der Waals surface area contributed by atoms with Crippen LogP contribution < -0.4 is 4.90 Å². The zero-order valence-electron chi connectivity index (χ0n) is 21.2. The van der Waals surface area contributed by atoms with Gasteiger partial charge in [-0.15, -0.1) is 0 Å². The number of anilines is 1. The molecule has 0 atom stereocenters. The van der Waals surface area contributed by atoms with Crippen molar-refractivity contribution in [2.24, 2.45) is 7.05 Å². The summed E-state index contributed by atoms with van der Waals surface area (Å²) in [7, 11) is 3.53. The number of rotatable bonds is 6. The van der Waals surface area contributed by atoms with Gasteiger partial charge in [-0.2, -0.15) is 9.97 Å². The van der Waals surface area contributed by atoms with Crippen molar-refractivity contribution in [2.45, 2.75) is 18.9 Å². The highest BCUT2D eigenvalue weighted by Crippen LogP contribution is 2.37. The van der Waals surface area contributed by atoms with Gasteiger partial charge in [0.1, 0.15) is 18.3 Å². The van der Waals surface area contributed by atoms with Crippen molar-refractivity contribution in [3.05, 3.63) is 35.9 Å². The Balaban J connectivity index is 1.55. The molecule has 194 valence electrons. The first kappa shape index (κ1) is 23.8. The quantitative estimate of drug-likeness (QED) is 0.404. The number of fused-ring (bicyclic) bond motifs is 2. The number of aryl methyl sites for hydroxylation is 2. The maximum atomic E-state index is 12.0. The van der Waals surface area contributed by atoms with Gasteiger partial charge in [-0.05, 0) is 12.1 Å². The number of aliphatic hydroxyl groups is 1. The lowest BCUT2D eigenvalue weighted by Gasteiger charge is -2.47. The van der Waals surface area contributed by atoms with Crippen LogP contribution in [0, 0.1) is 0 Å². The number of nitrogens with zero attached hydrogens (tertiary/aromatic N) is 8. The zero-order chi connectivity index (χ0) is 25.7. The molecule has 0 unspecified atom stereocenters. The van der Waals surface area contributed by atoms with Crippen LogP contribution in [0.5, 0.6) is 0 Å². The summed E-state index contributed by atoms with van der Waals surface area (Å²) in [5.41, 5.74) is 2.39. The first-order chi connectivity index (χ1) is 18.0. The number of hydrogen-bond acceptors (Lipinski definition) is 9. The van der Waals surface area contributed by atoms with E-state index < -0.39 is 12.2 Å². The van der Waals surface area contributed by atoms with Crippen molar-refractivity contribution in [3.8, 4) is 5.95 Å². The Morgan fingerprint density at radius 2 is 1.89 bits per heavy atom. The molecule has 1 N–H and O–H groups in total. The topological polar surface area (TPSA) is 124 Å². The summed E-state index contributed by atoms with van der Waals surface area (Å²) in [5, 5.41) is 9.28. The lowest BCUT2D eigenvalue weighted by atomic mass is 9.92. The van der Waals surface area contributed by atoms with Gasteiger partial charge in [-0.1, -0.05) is 19.1 Å². The monoisotopic (exact) mass is 506 g/mol. The number of aliphatic hydroxyl groups excluding tert-OH is 1. The number of para-hydroxylation sites is 2. The zero-order valence-corrected chi connectivity index (χ0v) is 21.2. The maximum Gasteiger partial charge on any atom is 0.248 e. The predicted molar refractivity (Wildman–Crippen MR) is 136 cm³/mol. The summed E-state index contributed by atoms with van der Waals surface area (Å²) >= 11 is 0. The molecule has 0 saturated carbocycles. The minimum absolute atomic E-state index is 0.305. The van der Waals surface area contributed by atoms with E-state index in [-0.39, 0.29) is 5.91 Å². The Kier molecular flexibility index (Phi) is 5.81. The molecule has 12 heteroatoms. The largest absolute Gasteiger partial charge is 0.387 e. The third-order valence-electron chi connectivity index (χ3n) is 7.32. The number of carbonyl (C=O) groups is 1. The van der Waals surface area contributed by atoms with Gasteiger partial charge in [0.05, 0.1) is 37.3 Å². The fourth-order valence-corrected chi connectivity index (χ4v) is 5.28. The number of amides is 1. The molecule has 2 saturated heterocycles. The summed E-state index contributed by atoms with van der Waals surface area (Å²) in [6, 6.07) is 7.98. The van der Waals surface area contributed by atoms with Gasteiger partial charge in [0.25, 0.3) is 0 Å². The molecule has 0 radical (unpaired) electrons. The van der Waals surface area contributed by atoms with E-state index in [9.17, 15) is 9.90 Å². The molecule has 37 heavy (non-hydrogen) atoms. The molecule has 2 aliphatic heterocycles. The molecule has 0 aliphatic carbocycles. The minimum Gasteiger partial charge on any atom is -0.387 e. The first-order valence-corrected chi connectivity index (χ1v) is 12.5. The van der Waals surface area contributed by atoms with Crippen molar-refractivity contribution < 1.29 is 19.4 Å². The molecule has 2 fully saturated rings. The number of aromatic nitrogens is 6. The predicted octanol–water partition coefficient (Wildman–Crippen LogP) is 0.777. The van der Waals surface area contributed by atoms with Gasteiger partial charge in [0, 0.05) is 33.7 Å². The van der Waals surface area contributed by atoms with E-state index >= 15 is 0 Å². The Morgan fingerprint density at radius 3 is 2.59 bits per heavy atom. The third kappa shape index (κ3) is 3.66. The molecule has 2 aliphatic rings. The molecule has 0 spiro atoms. The lowest BCUT2D eigenvalue weighted by molar-refractivity contribution is -0.169. The highest BCUT2D eigenvalue weighted by atomic mass is 16.5. The van der Waals surface area contributed by atoms with E-state index in [1.165, 1.54) is 0 Å². The number of hydrogen-bond donors (Lipinski definition) is 1. The summed E-state index contributed by atoms with van der Waals surface area (Å²) in [5.74, 6) is 2.48. The van der Waals surface area contributed by atoms with Crippen molar-refractivity contribution in [1.29, 1.82) is 0 Å². The normalized spacial score (nSPS) is 17.5. The highest BCUT2D eigenvalue weighted by Gasteiger charge is 2.50. The third-order valence-corrected chi connectivity index (χ3v) is 7.32. The molecular weight excluding hydrogens is 476 g/mol. The standard InChI is InChI=1S/C25H30N8O4/c1-4-18-26-16-7-5-6-8-17(16)33(18)24-28-21-20(22(29-24)31-9-11-37-12-10-31)27-23(30(21)2)25(36-3)14-32(15-25)19(35)13-34/h5-8,34H,4,9-15H2,1-3H3. The molecule has 12 nitrogen and oxygen atoms in total. The van der Waals surface area contributed by atoms with Crippen LogP contribution in [0.1, 0.15) is 18.6 Å². The molecule has 4 aromatic rings. The summed E-state index contributed by atoms with van der Waals surface area (Å²) in [4.78, 5) is 35.7. The molecule has 1 aromatic carbocycles. The molecular formula is C25H30N8O4. The van der Waals surface area contributed by atoms with Gasteiger partial charge < -0.3 is 28.9 Å². The lowest BCUT2D eigenvalue weighted by Crippen LogP contribution is -2.63. The number of carbonyl (C=O) groups excluding carboxylic acids is 1. The van der Waals surface area contributed by atoms with Crippen molar-refractivity contribution >= 4 is 33.9 Å². The van der Waals surface area contributed by atoms with E-state index in [4.69, 9.17) is 29.4 Å². The highest BCUT2D eigenvalue weighted by molar-refractivity contribution is 5.86. The Labute approximate surface area is 213 Å². The van der Waals surface area contributed by atoms with Crippen molar-refractivity contribution in [1.82, 2.24) is 34.0 Å². The van der Waals surface area contributed by atoms with Crippen molar-refractivity contribution in [3.63, 3.8) is 0 Å². The van der Waals surface area contributed by atoms with Crippen LogP contribution >= 0.6 is 0 Å². The van der Waals surface area contributed by atoms with Crippen molar-refractivity contribution in [2.75, 3.05) is 58.0 Å². The summed E-state index contributed by atoms with van der Waals surface area (Å²) in [6.45, 7) is 4.74. The molecule has 1 amide bonds. The number of likely N-dealkylation sites (tertiary alicyclic amines) is 1. The van der Waals surface area contributed by atoms with Crippen LogP contribution in [0.3, 0.4) is 0 Å². The average molecular weight is 507 g/mol.